The molecule has 0 aliphatic heterocycles. The molecule has 0 bridgehead atoms. The Morgan fingerprint density at radius 1 is 1.36 bits per heavy atom. The molecular weight excluding hydrogens is 134 g/mol. The van der Waals surface area contributed by atoms with Crippen molar-refractivity contribution in [3.05, 3.63) is 6.42 Å². The molecule has 1 unspecified atom stereocenters. The van der Waals surface area contributed by atoms with Gasteiger partial charge in [0.15, 0.2) is 0 Å². The zero-order valence-electron chi connectivity index (χ0n) is 8.35. The smallest absolute Gasteiger partial charge is 0.0119 e. The molecule has 0 aromatic rings. The summed E-state index contributed by atoms with van der Waals surface area (Å²) in [4.78, 5) is 0. The number of nitrogens with two attached hydrogens (primary N) is 1. The molecule has 0 rings (SSSR count). The third-order valence-electron chi connectivity index (χ3n) is 1.98. The van der Waals surface area contributed by atoms with Gasteiger partial charge in [0.25, 0.3) is 0 Å². The van der Waals surface area contributed by atoms with Gasteiger partial charge in [-0.1, -0.05) is 40.5 Å². The summed E-state index contributed by atoms with van der Waals surface area (Å²) in [5.41, 5.74) is 6.17. The summed E-state index contributed by atoms with van der Waals surface area (Å²) >= 11 is 0. The van der Waals surface area contributed by atoms with Crippen LogP contribution < -0.4 is 5.73 Å². The van der Waals surface area contributed by atoms with Crippen molar-refractivity contribution in [1.29, 1.82) is 0 Å². The maximum absolute atomic E-state index is 5.94. The number of hydrogen-bond acceptors (Lipinski definition) is 1. The van der Waals surface area contributed by atoms with Crippen LogP contribution in [0.4, 0.5) is 0 Å². The van der Waals surface area contributed by atoms with Crippen LogP contribution in [0.5, 0.6) is 0 Å². The van der Waals surface area contributed by atoms with Crippen LogP contribution in [0.3, 0.4) is 0 Å². The molecule has 1 nitrogen and oxygen atoms in total. The average molecular weight is 156 g/mol. The van der Waals surface area contributed by atoms with Crippen molar-refractivity contribution < 1.29 is 0 Å². The van der Waals surface area contributed by atoms with Gasteiger partial charge in [-0.2, -0.15) is 0 Å². The normalized spacial score (nSPS) is 15.0. The number of unbranched alkanes of at least 4 members (excludes halogenated alkanes) is 2. The molecule has 0 spiro atoms. The summed E-state index contributed by atoms with van der Waals surface area (Å²) in [6.07, 6.45) is 5.93. The molecule has 0 heterocycles. The summed E-state index contributed by atoms with van der Waals surface area (Å²) in [6, 6.07) is 0.244. The van der Waals surface area contributed by atoms with Gasteiger partial charge in [0, 0.05) is 6.04 Å². The minimum atomic E-state index is 0.230. The number of hydrogen-bond donors (Lipinski definition) is 1. The lowest BCUT2D eigenvalue weighted by atomic mass is 9.84. The predicted octanol–water partition coefficient (Wildman–Crippen LogP) is 2.75. The van der Waals surface area contributed by atoms with Gasteiger partial charge in [0.2, 0.25) is 0 Å². The lowest BCUT2D eigenvalue weighted by Crippen LogP contribution is -2.35. The van der Waals surface area contributed by atoms with E-state index in [1.807, 2.05) is 0 Å². The highest BCUT2D eigenvalue weighted by Gasteiger charge is 2.19. The summed E-state index contributed by atoms with van der Waals surface area (Å²) in [5, 5.41) is 0. The Labute approximate surface area is 71.4 Å². The second-order valence-electron chi connectivity index (χ2n) is 4.27. The molecule has 67 valence electrons. The van der Waals surface area contributed by atoms with E-state index in [0.717, 1.165) is 6.42 Å². The first-order valence-corrected chi connectivity index (χ1v) is 4.57. The maximum atomic E-state index is 5.94. The molecule has 0 aliphatic rings. The third-order valence-corrected chi connectivity index (χ3v) is 1.98. The Balaban J connectivity index is 3.44. The monoisotopic (exact) mass is 156 g/mol. The second-order valence-corrected chi connectivity index (χ2v) is 4.27. The van der Waals surface area contributed by atoms with Crippen molar-refractivity contribution in [1.82, 2.24) is 0 Å². The van der Waals surface area contributed by atoms with Crippen LogP contribution in [0, 0.1) is 11.8 Å². The minimum Gasteiger partial charge on any atom is -0.327 e. The zero-order chi connectivity index (χ0) is 8.91. The molecule has 2 N–H and O–H groups in total. The van der Waals surface area contributed by atoms with Crippen LogP contribution in [0.1, 0.15) is 47.0 Å². The van der Waals surface area contributed by atoms with Crippen molar-refractivity contribution >= 4 is 0 Å². The highest BCUT2D eigenvalue weighted by Crippen LogP contribution is 2.20. The molecule has 0 saturated heterocycles. The van der Waals surface area contributed by atoms with Crippen LogP contribution in [0.25, 0.3) is 0 Å². The lowest BCUT2D eigenvalue weighted by molar-refractivity contribution is 0.343. The Morgan fingerprint density at radius 3 is 2.27 bits per heavy atom. The molecule has 0 amide bonds. The molecule has 0 aromatic heterocycles. The third kappa shape index (κ3) is 5.25. The van der Waals surface area contributed by atoms with Crippen molar-refractivity contribution in [2.75, 3.05) is 0 Å². The number of rotatable bonds is 4. The van der Waals surface area contributed by atoms with Gasteiger partial charge in [0.05, 0.1) is 0 Å². The van der Waals surface area contributed by atoms with E-state index in [4.69, 9.17) is 5.73 Å². The van der Waals surface area contributed by atoms with E-state index in [1.165, 1.54) is 12.8 Å². The molecule has 0 saturated carbocycles. The van der Waals surface area contributed by atoms with Crippen molar-refractivity contribution in [3.63, 3.8) is 0 Å². The minimum absolute atomic E-state index is 0.230. The van der Waals surface area contributed by atoms with Gasteiger partial charge in [-0.3, -0.25) is 0 Å². The van der Waals surface area contributed by atoms with Crippen LogP contribution >= 0.6 is 0 Å². The van der Waals surface area contributed by atoms with Crippen LogP contribution in [-0.4, -0.2) is 6.04 Å². The first-order chi connectivity index (χ1) is 4.98. The SMILES string of the molecule is CCCC[CH]C(N)C(C)(C)C. The summed E-state index contributed by atoms with van der Waals surface area (Å²) in [6.45, 7) is 8.75. The topological polar surface area (TPSA) is 26.0 Å². The zero-order valence-corrected chi connectivity index (χ0v) is 8.35. The Kier molecular flexibility index (Phi) is 4.74. The van der Waals surface area contributed by atoms with Crippen LogP contribution in [0.15, 0.2) is 0 Å². The first kappa shape index (κ1) is 11.0. The largest absolute Gasteiger partial charge is 0.327 e. The first-order valence-electron chi connectivity index (χ1n) is 4.57. The molecule has 1 radical (unpaired) electrons. The Hall–Kier alpha value is -0.0400. The van der Waals surface area contributed by atoms with Gasteiger partial charge in [-0.05, 0) is 18.3 Å². The van der Waals surface area contributed by atoms with E-state index in [1.54, 1.807) is 0 Å². The van der Waals surface area contributed by atoms with E-state index in [-0.39, 0.29) is 11.5 Å². The van der Waals surface area contributed by atoms with Crippen molar-refractivity contribution in [2.45, 2.75) is 53.0 Å². The van der Waals surface area contributed by atoms with Gasteiger partial charge < -0.3 is 5.73 Å². The fourth-order valence-electron chi connectivity index (χ4n) is 0.855. The van der Waals surface area contributed by atoms with Gasteiger partial charge in [-0.25, -0.2) is 0 Å². The van der Waals surface area contributed by atoms with E-state index < -0.39 is 0 Å². The second kappa shape index (κ2) is 4.76. The van der Waals surface area contributed by atoms with Gasteiger partial charge >= 0.3 is 0 Å². The van der Waals surface area contributed by atoms with E-state index >= 15 is 0 Å². The quantitative estimate of drug-likeness (QED) is 0.622. The molecule has 1 atom stereocenters. The molecular formula is C10H22N. The maximum Gasteiger partial charge on any atom is 0.0119 e. The molecule has 0 aromatic carbocycles. The molecule has 0 aliphatic carbocycles. The highest BCUT2D eigenvalue weighted by atomic mass is 14.7. The molecule has 1 heteroatoms. The van der Waals surface area contributed by atoms with E-state index in [0.29, 0.717) is 0 Å². The highest BCUT2D eigenvalue weighted by molar-refractivity contribution is 4.88. The Bertz CT molecular complexity index is 91.5. The van der Waals surface area contributed by atoms with Gasteiger partial charge in [-0.15, -0.1) is 0 Å². The Morgan fingerprint density at radius 2 is 1.91 bits per heavy atom. The van der Waals surface area contributed by atoms with Crippen molar-refractivity contribution in [3.8, 4) is 0 Å². The fourth-order valence-corrected chi connectivity index (χ4v) is 0.855. The fraction of sp³-hybridized carbons (Fsp3) is 0.900. The van der Waals surface area contributed by atoms with Gasteiger partial charge in [0.1, 0.15) is 0 Å². The average Bonchev–Trinajstić information content (AvgIpc) is 1.86. The summed E-state index contributed by atoms with van der Waals surface area (Å²) in [7, 11) is 0. The molecule has 0 fully saturated rings. The predicted molar refractivity (Wildman–Crippen MR) is 51.3 cm³/mol. The van der Waals surface area contributed by atoms with E-state index in [9.17, 15) is 0 Å². The summed E-state index contributed by atoms with van der Waals surface area (Å²) in [5.74, 6) is 0. The lowest BCUT2D eigenvalue weighted by Gasteiger charge is -2.26. The molecule has 11 heavy (non-hydrogen) atoms. The van der Waals surface area contributed by atoms with Crippen LogP contribution in [0.2, 0.25) is 0 Å². The van der Waals surface area contributed by atoms with Crippen molar-refractivity contribution in [2.24, 2.45) is 11.1 Å². The van der Waals surface area contributed by atoms with E-state index in [2.05, 4.69) is 34.1 Å². The van der Waals surface area contributed by atoms with Crippen LogP contribution in [-0.2, 0) is 0 Å². The standard InChI is InChI=1S/C10H22N/c1-5-6-7-8-9(11)10(2,3)4/h8-9H,5-7,11H2,1-4H3. The summed E-state index contributed by atoms with van der Waals surface area (Å²) < 4.78 is 0.